The molecular formula is C16H16BrN3S. The Labute approximate surface area is 138 Å². The van der Waals surface area contributed by atoms with Gasteiger partial charge in [-0.2, -0.15) is 5.10 Å². The summed E-state index contributed by atoms with van der Waals surface area (Å²) >= 11 is 8.62. The SMILES string of the molecule is C/C(=N\NC(=S)NCc1ccccc1)c1ccc(Br)cc1. The summed E-state index contributed by atoms with van der Waals surface area (Å²) in [5, 5.41) is 7.91. The van der Waals surface area contributed by atoms with Gasteiger partial charge in [0, 0.05) is 11.0 Å². The number of rotatable bonds is 4. The fraction of sp³-hybridized carbons (Fsp3) is 0.125. The van der Waals surface area contributed by atoms with Crippen LogP contribution in [0.15, 0.2) is 64.2 Å². The molecule has 0 fully saturated rings. The van der Waals surface area contributed by atoms with Crippen LogP contribution >= 0.6 is 28.1 Å². The van der Waals surface area contributed by atoms with Crippen LogP contribution in [0.3, 0.4) is 0 Å². The second-order valence-corrected chi connectivity index (χ2v) is 5.81. The topological polar surface area (TPSA) is 36.4 Å². The Kier molecular flexibility index (Phi) is 5.90. The van der Waals surface area contributed by atoms with Crippen LogP contribution in [0.5, 0.6) is 0 Å². The lowest BCUT2D eigenvalue weighted by Gasteiger charge is -2.08. The standard InChI is InChI=1S/C16H16BrN3S/c1-12(14-7-9-15(17)10-8-14)19-20-16(21)18-11-13-5-3-2-4-6-13/h2-10H,11H2,1H3,(H2,18,20,21)/b19-12+. The highest BCUT2D eigenvalue weighted by molar-refractivity contribution is 9.10. The fourth-order valence-corrected chi connectivity index (χ4v) is 2.09. The van der Waals surface area contributed by atoms with Crippen LogP contribution in [-0.4, -0.2) is 10.8 Å². The maximum atomic E-state index is 5.21. The van der Waals surface area contributed by atoms with E-state index in [1.165, 1.54) is 5.56 Å². The monoisotopic (exact) mass is 361 g/mol. The maximum absolute atomic E-state index is 5.21. The number of hydrazone groups is 1. The molecule has 0 saturated heterocycles. The van der Waals surface area contributed by atoms with Gasteiger partial charge in [0.15, 0.2) is 5.11 Å². The average Bonchev–Trinajstić information content (AvgIpc) is 2.52. The zero-order valence-electron chi connectivity index (χ0n) is 11.6. The summed E-state index contributed by atoms with van der Waals surface area (Å²) in [6, 6.07) is 18.1. The summed E-state index contributed by atoms with van der Waals surface area (Å²) in [5.41, 5.74) is 5.97. The third kappa shape index (κ3) is 5.28. The first kappa shape index (κ1) is 15.7. The highest BCUT2D eigenvalue weighted by Crippen LogP contribution is 2.10. The molecule has 0 heterocycles. The molecule has 2 aromatic carbocycles. The van der Waals surface area contributed by atoms with Gasteiger partial charge in [-0.15, -0.1) is 0 Å². The molecule has 0 atom stereocenters. The lowest BCUT2D eigenvalue weighted by atomic mass is 10.1. The number of nitrogens with one attached hydrogen (secondary N) is 2. The van der Waals surface area contributed by atoms with E-state index in [-0.39, 0.29) is 0 Å². The van der Waals surface area contributed by atoms with Crippen molar-refractivity contribution < 1.29 is 0 Å². The molecule has 0 amide bonds. The summed E-state index contributed by atoms with van der Waals surface area (Å²) in [6.45, 7) is 2.62. The Morgan fingerprint density at radius 1 is 1.10 bits per heavy atom. The number of hydrogen-bond acceptors (Lipinski definition) is 2. The van der Waals surface area contributed by atoms with Crippen molar-refractivity contribution >= 4 is 39.0 Å². The minimum Gasteiger partial charge on any atom is -0.357 e. The number of benzene rings is 2. The number of nitrogens with zero attached hydrogens (tertiary/aromatic N) is 1. The predicted molar refractivity (Wildman–Crippen MR) is 95.4 cm³/mol. The van der Waals surface area contributed by atoms with Crippen molar-refractivity contribution in [3.8, 4) is 0 Å². The van der Waals surface area contributed by atoms with Crippen LogP contribution < -0.4 is 10.7 Å². The molecule has 2 N–H and O–H groups in total. The van der Waals surface area contributed by atoms with Crippen LogP contribution in [0, 0.1) is 0 Å². The van der Waals surface area contributed by atoms with Gasteiger partial charge in [-0.25, -0.2) is 0 Å². The van der Waals surface area contributed by atoms with E-state index in [9.17, 15) is 0 Å². The third-order valence-electron chi connectivity index (χ3n) is 2.88. The van der Waals surface area contributed by atoms with Crippen LogP contribution in [0.4, 0.5) is 0 Å². The molecule has 0 spiro atoms. The molecule has 0 aliphatic heterocycles. The molecule has 0 bridgehead atoms. The first-order chi connectivity index (χ1) is 10.1. The Morgan fingerprint density at radius 3 is 2.43 bits per heavy atom. The van der Waals surface area contributed by atoms with Gasteiger partial charge in [0.2, 0.25) is 0 Å². The lowest BCUT2D eigenvalue weighted by Crippen LogP contribution is -2.32. The third-order valence-corrected chi connectivity index (χ3v) is 3.65. The van der Waals surface area contributed by atoms with Gasteiger partial charge >= 0.3 is 0 Å². The lowest BCUT2D eigenvalue weighted by molar-refractivity contribution is 0.866. The van der Waals surface area contributed by atoms with Crippen molar-refractivity contribution in [2.75, 3.05) is 0 Å². The smallest absolute Gasteiger partial charge is 0.187 e. The Balaban J connectivity index is 1.85. The number of halogens is 1. The minimum atomic E-state index is 0.510. The molecule has 2 aromatic rings. The van der Waals surface area contributed by atoms with Crippen LogP contribution in [-0.2, 0) is 6.54 Å². The molecule has 108 valence electrons. The molecular weight excluding hydrogens is 346 g/mol. The first-order valence-electron chi connectivity index (χ1n) is 6.53. The molecule has 0 saturated carbocycles. The summed E-state index contributed by atoms with van der Waals surface area (Å²) in [5.74, 6) is 0. The van der Waals surface area contributed by atoms with Crippen LogP contribution in [0.1, 0.15) is 18.1 Å². The average molecular weight is 362 g/mol. The normalized spacial score (nSPS) is 11.0. The zero-order chi connectivity index (χ0) is 15.1. The molecule has 5 heteroatoms. The summed E-state index contributed by atoms with van der Waals surface area (Å²) < 4.78 is 1.05. The van der Waals surface area contributed by atoms with Crippen molar-refractivity contribution in [3.63, 3.8) is 0 Å². The highest BCUT2D eigenvalue weighted by atomic mass is 79.9. The fourth-order valence-electron chi connectivity index (χ4n) is 1.71. The first-order valence-corrected chi connectivity index (χ1v) is 7.73. The number of hydrogen-bond donors (Lipinski definition) is 2. The highest BCUT2D eigenvalue weighted by Gasteiger charge is 1.99. The van der Waals surface area contributed by atoms with Crippen LogP contribution in [0.25, 0.3) is 0 Å². The summed E-state index contributed by atoms with van der Waals surface area (Å²) in [6.07, 6.45) is 0. The van der Waals surface area contributed by atoms with Crippen LogP contribution in [0.2, 0.25) is 0 Å². The van der Waals surface area contributed by atoms with Gasteiger partial charge in [0.1, 0.15) is 0 Å². The van der Waals surface area contributed by atoms with E-state index >= 15 is 0 Å². The maximum Gasteiger partial charge on any atom is 0.187 e. The summed E-state index contributed by atoms with van der Waals surface area (Å²) in [7, 11) is 0. The predicted octanol–water partition coefficient (Wildman–Crippen LogP) is 3.84. The molecule has 0 unspecified atom stereocenters. The summed E-state index contributed by atoms with van der Waals surface area (Å²) in [4.78, 5) is 0. The van der Waals surface area contributed by atoms with E-state index in [0.29, 0.717) is 11.7 Å². The van der Waals surface area contributed by atoms with Crippen molar-refractivity contribution in [2.24, 2.45) is 5.10 Å². The largest absolute Gasteiger partial charge is 0.357 e. The molecule has 3 nitrogen and oxygen atoms in total. The van der Waals surface area contributed by atoms with E-state index < -0.39 is 0 Å². The molecule has 0 aliphatic rings. The second kappa shape index (κ2) is 7.90. The second-order valence-electron chi connectivity index (χ2n) is 4.48. The van der Waals surface area contributed by atoms with E-state index in [4.69, 9.17) is 12.2 Å². The van der Waals surface area contributed by atoms with Crippen molar-refractivity contribution in [1.82, 2.24) is 10.7 Å². The van der Waals surface area contributed by atoms with E-state index in [1.54, 1.807) is 0 Å². The number of thiocarbonyl (C=S) groups is 1. The van der Waals surface area contributed by atoms with Gasteiger partial charge in [-0.05, 0) is 42.4 Å². The van der Waals surface area contributed by atoms with Gasteiger partial charge in [0.05, 0.1) is 5.71 Å². The van der Waals surface area contributed by atoms with E-state index in [1.807, 2.05) is 61.5 Å². The molecule has 0 aliphatic carbocycles. The Bertz CT molecular complexity index is 624. The quantitative estimate of drug-likeness (QED) is 0.493. The van der Waals surface area contributed by atoms with Crippen molar-refractivity contribution in [3.05, 3.63) is 70.2 Å². The zero-order valence-corrected chi connectivity index (χ0v) is 14.0. The molecule has 2 rings (SSSR count). The molecule has 0 aromatic heterocycles. The Morgan fingerprint density at radius 2 is 1.76 bits per heavy atom. The van der Waals surface area contributed by atoms with Gasteiger partial charge < -0.3 is 5.32 Å². The van der Waals surface area contributed by atoms with Gasteiger partial charge in [0.25, 0.3) is 0 Å². The van der Waals surface area contributed by atoms with E-state index in [2.05, 4.69) is 31.8 Å². The molecule has 0 radical (unpaired) electrons. The van der Waals surface area contributed by atoms with Crippen molar-refractivity contribution in [1.29, 1.82) is 0 Å². The van der Waals surface area contributed by atoms with E-state index in [0.717, 1.165) is 15.7 Å². The molecule has 21 heavy (non-hydrogen) atoms. The Hall–Kier alpha value is -1.72. The minimum absolute atomic E-state index is 0.510. The van der Waals surface area contributed by atoms with Gasteiger partial charge in [-0.1, -0.05) is 58.4 Å². The van der Waals surface area contributed by atoms with Crippen molar-refractivity contribution in [2.45, 2.75) is 13.5 Å². The van der Waals surface area contributed by atoms with Gasteiger partial charge in [-0.3, -0.25) is 5.43 Å².